The molecule has 0 aliphatic carbocycles. The number of aliphatic hydroxyl groups excluding tert-OH is 1. The smallest absolute Gasteiger partial charge is 0.320 e. The van der Waals surface area contributed by atoms with Crippen molar-refractivity contribution in [2.24, 2.45) is 11.3 Å². The average Bonchev–Trinajstić information content (AvgIpc) is 3.04. The van der Waals surface area contributed by atoms with Crippen molar-refractivity contribution in [3.8, 4) is 0 Å². The molecular formula is C20H32N2O3S. The van der Waals surface area contributed by atoms with Gasteiger partial charge in [0.2, 0.25) is 0 Å². The number of thiophene rings is 1. The highest BCUT2D eigenvalue weighted by molar-refractivity contribution is 7.11. The number of hydrogen-bond donors (Lipinski definition) is 1. The number of carbonyl (C=O) groups is 1. The molecule has 5 nitrogen and oxygen atoms in total. The lowest BCUT2D eigenvalue weighted by Gasteiger charge is -2.51. The number of esters is 1. The van der Waals surface area contributed by atoms with Gasteiger partial charge < -0.3 is 9.84 Å². The Morgan fingerprint density at radius 2 is 1.96 bits per heavy atom. The first kappa shape index (κ1) is 19.8. The summed E-state index contributed by atoms with van der Waals surface area (Å²) in [5.74, 6) is 0.109. The summed E-state index contributed by atoms with van der Waals surface area (Å²) in [6, 6.07) is 4.45. The van der Waals surface area contributed by atoms with Gasteiger partial charge in [0.15, 0.2) is 0 Å². The van der Waals surface area contributed by atoms with E-state index in [1.165, 1.54) is 9.75 Å². The van der Waals surface area contributed by atoms with Crippen LogP contribution in [0.5, 0.6) is 0 Å². The topological polar surface area (TPSA) is 53.0 Å². The van der Waals surface area contributed by atoms with Crippen LogP contribution in [0, 0.1) is 18.3 Å². The molecule has 3 heterocycles. The summed E-state index contributed by atoms with van der Waals surface area (Å²) in [4.78, 5) is 19.3. The van der Waals surface area contributed by atoms with E-state index in [0.717, 1.165) is 52.0 Å². The molecule has 0 aromatic carbocycles. The second kappa shape index (κ2) is 8.83. The SMILES string of the molecule is CCOC(=O)CN1CCC2(CCN(Cc3ccc(C)s3)CC2)C(CO)C1. The zero-order valence-electron chi connectivity index (χ0n) is 16.1. The highest BCUT2D eigenvalue weighted by Gasteiger charge is 2.44. The van der Waals surface area contributed by atoms with Gasteiger partial charge in [0.25, 0.3) is 0 Å². The predicted octanol–water partition coefficient (Wildman–Crippen LogP) is 2.52. The van der Waals surface area contributed by atoms with Crippen LogP contribution in [0.2, 0.25) is 0 Å². The highest BCUT2D eigenvalue weighted by Crippen LogP contribution is 2.45. The van der Waals surface area contributed by atoms with Crippen molar-refractivity contribution in [3.05, 3.63) is 21.9 Å². The van der Waals surface area contributed by atoms with Gasteiger partial charge in [0, 0.05) is 35.4 Å². The maximum Gasteiger partial charge on any atom is 0.320 e. The van der Waals surface area contributed by atoms with Crippen molar-refractivity contribution in [2.75, 3.05) is 45.9 Å². The van der Waals surface area contributed by atoms with Crippen molar-refractivity contribution in [1.82, 2.24) is 9.80 Å². The fraction of sp³-hybridized carbons (Fsp3) is 0.750. The third-order valence-electron chi connectivity index (χ3n) is 6.18. The quantitative estimate of drug-likeness (QED) is 0.769. The van der Waals surface area contributed by atoms with Crippen LogP contribution in [-0.2, 0) is 16.1 Å². The molecule has 1 aromatic heterocycles. The van der Waals surface area contributed by atoms with Gasteiger partial charge in [-0.3, -0.25) is 14.6 Å². The summed E-state index contributed by atoms with van der Waals surface area (Å²) in [7, 11) is 0. The Labute approximate surface area is 160 Å². The van der Waals surface area contributed by atoms with Gasteiger partial charge in [-0.15, -0.1) is 11.3 Å². The molecule has 2 aliphatic heterocycles. The molecule has 1 spiro atoms. The molecule has 2 aliphatic rings. The van der Waals surface area contributed by atoms with Gasteiger partial charge in [-0.05, 0) is 70.3 Å². The van der Waals surface area contributed by atoms with Crippen molar-refractivity contribution >= 4 is 17.3 Å². The number of likely N-dealkylation sites (tertiary alicyclic amines) is 2. The average molecular weight is 381 g/mol. The van der Waals surface area contributed by atoms with Gasteiger partial charge >= 0.3 is 5.97 Å². The van der Waals surface area contributed by atoms with E-state index < -0.39 is 0 Å². The monoisotopic (exact) mass is 380 g/mol. The molecule has 146 valence electrons. The van der Waals surface area contributed by atoms with Gasteiger partial charge in [-0.1, -0.05) is 0 Å². The normalized spacial score (nSPS) is 24.0. The van der Waals surface area contributed by atoms with Gasteiger partial charge in [0.1, 0.15) is 0 Å². The van der Waals surface area contributed by atoms with Crippen LogP contribution in [-0.4, -0.2) is 66.8 Å². The Kier molecular flexibility index (Phi) is 6.72. The Balaban J connectivity index is 1.53. The van der Waals surface area contributed by atoms with Gasteiger partial charge in [-0.25, -0.2) is 0 Å². The van der Waals surface area contributed by atoms with Crippen LogP contribution >= 0.6 is 11.3 Å². The third kappa shape index (κ3) is 4.66. The van der Waals surface area contributed by atoms with Crippen molar-refractivity contribution < 1.29 is 14.6 Å². The van der Waals surface area contributed by atoms with E-state index in [4.69, 9.17) is 4.74 Å². The zero-order chi connectivity index (χ0) is 18.6. The number of aryl methyl sites for hydroxylation is 1. The largest absolute Gasteiger partial charge is 0.465 e. The molecule has 2 saturated heterocycles. The fourth-order valence-electron chi connectivity index (χ4n) is 4.57. The molecule has 0 radical (unpaired) electrons. The Morgan fingerprint density at radius 1 is 1.27 bits per heavy atom. The molecule has 0 amide bonds. The number of rotatable bonds is 6. The van der Waals surface area contributed by atoms with E-state index in [1.54, 1.807) is 0 Å². The number of carbonyl (C=O) groups excluding carboxylic acids is 1. The van der Waals surface area contributed by atoms with Crippen molar-refractivity contribution in [3.63, 3.8) is 0 Å². The molecule has 26 heavy (non-hydrogen) atoms. The molecule has 1 atom stereocenters. The fourth-order valence-corrected chi connectivity index (χ4v) is 5.50. The van der Waals surface area contributed by atoms with E-state index >= 15 is 0 Å². The standard InChI is InChI=1S/C20H32N2O3S/c1-3-25-19(24)14-22-11-8-20(17(12-22)15-23)6-9-21(10-7-20)13-18-5-4-16(2)26-18/h4-5,17,23H,3,6-15H2,1-2H3. The second-order valence-electron chi connectivity index (χ2n) is 7.82. The lowest BCUT2D eigenvalue weighted by atomic mass is 9.64. The van der Waals surface area contributed by atoms with E-state index in [0.29, 0.717) is 13.2 Å². The Hall–Kier alpha value is -0.950. The number of piperidine rings is 2. The third-order valence-corrected chi connectivity index (χ3v) is 7.16. The van der Waals surface area contributed by atoms with Crippen LogP contribution in [0.25, 0.3) is 0 Å². The summed E-state index contributed by atoms with van der Waals surface area (Å²) < 4.78 is 5.07. The number of aliphatic hydroxyl groups is 1. The van der Waals surface area contributed by atoms with Crippen LogP contribution in [0.3, 0.4) is 0 Å². The summed E-state index contributed by atoms with van der Waals surface area (Å²) in [6.07, 6.45) is 3.37. The van der Waals surface area contributed by atoms with Crippen LogP contribution in [0.15, 0.2) is 12.1 Å². The Morgan fingerprint density at radius 3 is 2.54 bits per heavy atom. The molecule has 1 N–H and O–H groups in total. The minimum absolute atomic E-state index is 0.152. The van der Waals surface area contributed by atoms with Crippen molar-refractivity contribution in [1.29, 1.82) is 0 Å². The molecule has 3 rings (SSSR count). The molecule has 6 heteroatoms. The van der Waals surface area contributed by atoms with Crippen LogP contribution in [0.1, 0.15) is 35.9 Å². The maximum atomic E-state index is 11.8. The molecule has 2 fully saturated rings. The lowest BCUT2D eigenvalue weighted by Crippen LogP contribution is -2.54. The van der Waals surface area contributed by atoms with Crippen molar-refractivity contribution in [2.45, 2.75) is 39.7 Å². The van der Waals surface area contributed by atoms with Gasteiger partial charge in [0.05, 0.1) is 13.2 Å². The highest BCUT2D eigenvalue weighted by atomic mass is 32.1. The summed E-state index contributed by atoms with van der Waals surface area (Å²) >= 11 is 1.89. The van der Waals surface area contributed by atoms with E-state index in [1.807, 2.05) is 18.3 Å². The molecule has 0 saturated carbocycles. The lowest BCUT2D eigenvalue weighted by molar-refractivity contribution is -0.146. The van der Waals surface area contributed by atoms with E-state index in [-0.39, 0.29) is 23.9 Å². The maximum absolute atomic E-state index is 11.8. The minimum Gasteiger partial charge on any atom is -0.465 e. The van der Waals surface area contributed by atoms with E-state index in [2.05, 4.69) is 28.9 Å². The number of hydrogen-bond acceptors (Lipinski definition) is 6. The summed E-state index contributed by atoms with van der Waals surface area (Å²) in [5, 5.41) is 10.0. The minimum atomic E-state index is -0.152. The summed E-state index contributed by atoms with van der Waals surface area (Å²) in [5.41, 5.74) is 0.238. The number of nitrogens with zero attached hydrogens (tertiary/aromatic N) is 2. The number of ether oxygens (including phenoxy) is 1. The van der Waals surface area contributed by atoms with E-state index in [9.17, 15) is 9.90 Å². The van der Waals surface area contributed by atoms with Crippen LogP contribution < -0.4 is 0 Å². The molecule has 1 aromatic rings. The first-order chi connectivity index (χ1) is 12.5. The molecule has 0 bridgehead atoms. The first-order valence-corrected chi connectivity index (χ1v) is 10.6. The Bertz CT molecular complexity index is 596. The summed E-state index contributed by atoms with van der Waals surface area (Å²) in [6.45, 7) is 9.98. The van der Waals surface area contributed by atoms with Gasteiger partial charge in [-0.2, -0.15) is 0 Å². The second-order valence-corrected chi connectivity index (χ2v) is 9.19. The predicted molar refractivity (Wildman–Crippen MR) is 104 cm³/mol. The molecular weight excluding hydrogens is 348 g/mol. The van der Waals surface area contributed by atoms with Crippen LogP contribution in [0.4, 0.5) is 0 Å². The zero-order valence-corrected chi connectivity index (χ0v) is 16.9. The first-order valence-electron chi connectivity index (χ1n) is 9.81. The molecule has 1 unspecified atom stereocenters.